The number of anilines is 1. The Morgan fingerprint density at radius 3 is 2.65 bits per heavy atom. The van der Waals surface area contributed by atoms with Gasteiger partial charge >= 0.3 is 0 Å². The molecule has 0 radical (unpaired) electrons. The Kier molecular flexibility index (Phi) is 5.22. The molecule has 6 nitrogen and oxygen atoms in total. The summed E-state index contributed by atoms with van der Waals surface area (Å²) in [7, 11) is 0. The van der Waals surface area contributed by atoms with E-state index in [2.05, 4.69) is 45.9 Å². The van der Waals surface area contributed by atoms with Crippen molar-refractivity contribution in [3.8, 4) is 0 Å². The second-order valence-electron chi connectivity index (χ2n) is 8.08. The molecule has 6 heteroatoms. The fourth-order valence-electron chi connectivity index (χ4n) is 4.33. The second-order valence-corrected chi connectivity index (χ2v) is 8.08. The summed E-state index contributed by atoms with van der Waals surface area (Å²) in [5.74, 6) is 0.927. The van der Waals surface area contributed by atoms with Crippen molar-refractivity contribution in [2.45, 2.75) is 25.0 Å². The smallest absolute Gasteiger partial charge is 0.254 e. The van der Waals surface area contributed by atoms with Crippen molar-refractivity contribution in [1.29, 1.82) is 0 Å². The van der Waals surface area contributed by atoms with Crippen LogP contribution in [0.3, 0.4) is 0 Å². The highest BCUT2D eigenvalue weighted by Crippen LogP contribution is 2.30. The maximum Gasteiger partial charge on any atom is 0.254 e. The minimum atomic E-state index is -0.406. The Bertz CT molecular complexity index is 1100. The van der Waals surface area contributed by atoms with Crippen molar-refractivity contribution in [2.24, 2.45) is 4.99 Å². The lowest BCUT2D eigenvalue weighted by Gasteiger charge is -2.30. The number of nitrogens with zero attached hydrogens (tertiary/aromatic N) is 3. The first kappa shape index (κ1) is 19.5. The number of hydrogen-bond donors (Lipinski definition) is 2. The van der Waals surface area contributed by atoms with Crippen molar-refractivity contribution in [3.63, 3.8) is 0 Å². The van der Waals surface area contributed by atoms with Crippen LogP contribution in [0.5, 0.6) is 0 Å². The van der Waals surface area contributed by atoms with E-state index < -0.39 is 5.54 Å². The molecule has 1 saturated heterocycles. The number of benzene rings is 2. The van der Waals surface area contributed by atoms with E-state index in [1.165, 1.54) is 5.56 Å². The van der Waals surface area contributed by atoms with Gasteiger partial charge in [-0.05, 0) is 35.7 Å². The highest BCUT2D eigenvalue weighted by Gasteiger charge is 2.45. The van der Waals surface area contributed by atoms with Crippen LogP contribution in [0.1, 0.15) is 27.9 Å². The number of likely N-dealkylation sites (tertiary alicyclic amines) is 1. The van der Waals surface area contributed by atoms with Crippen LogP contribution in [0.2, 0.25) is 0 Å². The predicted octanol–water partition coefficient (Wildman–Crippen LogP) is 3.48. The number of carbonyl (C=O) groups excluding carboxylic acids is 1. The van der Waals surface area contributed by atoms with E-state index in [1.807, 2.05) is 29.2 Å². The van der Waals surface area contributed by atoms with Gasteiger partial charge in [0.05, 0.1) is 12.1 Å². The standard InChI is InChI=1S/C25H25N5O/c31-23(20-10-13-26-14-11-20)30-15-12-25(18-30)24(27-16-19-6-2-1-3-7-19)29-22-9-5-4-8-21(22)17-28-25/h1-11,13-14,28H,12,15-18H2,(H,27,29)/t25-/m1/s1. The third-order valence-corrected chi connectivity index (χ3v) is 6.09. The first-order valence-electron chi connectivity index (χ1n) is 10.6. The fraction of sp³-hybridized carbons (Fsp3) is 0.240. The molecule has 3 heterocycles. The topological polar surface area (TPSA) is 69.6 Å². The van der Waals surface area contributed by atoms with Gasteiger partial charge in [-0.3, -0.25) is 20.1 Å². The zero-order chi connectivity index (χ0) is 21.1. The molecule has 31 heavy (non-hydrogen) atoms. The maximum atomic E-state index is 13.1. The van der Waals surface area contributed by atoms with Gasteiger partial charge in [-0.2, -0.15) is 0 Å². The van der Waals surface area contributed by atoms with Gasteiger partial charge in [0.15, 0.2) is 0 Å². The summed E-state index contributed by atoms with van der Waals surface area (Å²) in [6, 6.07) is 22.1. The van der Waals surface area contributed by atoms with E-state index in [0.29, 0.717) is 25.2 Å². The van der Waals surface area contributed by atoms with Gasteiger partial charge in [-0.1, -0.05) is 48.5 Å². The highest BCUT2D eigenvalue weighted by atomic mass is 16.2. The molecular weight excluding hydrogens is 386 g/mol. The molecule has 0 aliphatic carbocycles. The van der Waals surface area contributed by atoms with E-state index in [1.54, 1.807) is 24.5 Å². The largest absolute Gasteiger partial charge is 0.342 e. The van der Waals surface area contributed by atoms with Crippen LogP contribution in [0.4, 0.5) is 5.69 Å². The van der Waals surface area contributed by atoms with Crippen LogP contribution in [-0.4, -0.2) is 40.3 Å². The molecule has 1 amide bonds. The number of para-hydroxylation sites is 1. The third-order valence-electron chi connectivity index (χ3n) is 6.09. The summed E-state index contributed by atoms with van der Waals surface area (Å²) in [4.78, 5) is 24.0. The van der Waals surface area contributed by atoms with Crippen molar-refractivity contribution in [3.05, 3.63) is 95.8 Å². The molecule has 1 atom stereocenters. The normalized spacial score (nSPS) is 21.5. The minimum absolute atomic E-state index is 0.0326. The molecule has 2 aliphatic heterocycles. The molecule has 1 fully saturated rings. The minimum Gasteiger partial charge on any atom is -0.342 e. The van der Waals surface area contributed by atoms with E-state index in [-0.39, 0.29) is 5.91 Å². The SMILES string of the molecule is O=C(c1ccncc1)N1CC[C@]2(C1)NCc1ccccc1NC2=NCc1ccccc1. The van der Waals surface area contributed by atoms with Crippen molar-refractivity contribution in [2.75, 3.05) is 18.4 Å². The predicted molar refractivity (Wildman–Crippen MR) is 122 cm³/mol. The third kappa shape index (κ3) is 3.94. The Labute approximate surface area is 182 Å². The maximum absolute atomic E-state index is 13.1. The lowest BCUT2D eigenvalue weighted by Crippen LogP contribution is -2.55. The van der Waals surface area contributed by atoms with Crippen LogP contribution in [0, 0.1) is 0 Å². The van der Waals surface area contributed by atoms with Gasteiger partial charge in [0.1, 0.15) is 5.84 Å². The van der Waals surface area contributed by atoms with Gasteiger partial charge in [-0.15, -0.1) is 0 Å². The molecule has 3 aromatic rings. The van der Waals surface area contributed by atoms with Gasteiger partial charge in [0.2, 0.25) is 0 Å². The molecule has 2 aromatic carbocycles. The molecule has 0 bridgehead atoms. The lowest BCUT2D eigenvalue weighted by molar-refractivity contribution is 0.0785. The van der Waals surface area contributed by atoms with Crippen LogP contribution in [-0.2, 0) is 13.1 Å². The van der Waals surface area contributed by atoms with Gasteiger partial charge in [0.25, 0.3) is 5.91 Å². The molecule has 1 spiro atoms. The quantitative estimate of drug-likeness (QED) is 0.692. The Morgan fingerprint density at radius 2 is 1.81 bits per heavy atom. The summed E-state index contributed by atoms with van der Waals surface area (Å²) >= 11 is 0. The molecule has 0 unspecified atom stereocenters. The Hall–Kier alpha value is -3.51. The number of aliphatic imine (C=N–C) groups is 1. The van der Waals surface area contributed by atoms with E-state index >= 15 is 0 Å². The summed E-state index contributed by atoms with van der Waals surface area (Å²) < 4.78 is 0. The molecule has 5 rings (SSSR count). The summed E-state index contributed by atoms with van der Waals surface area (Å²) in [6.45, 7) is 2.57. The number of hydrogen-bond acceptors (Lipinski definition) is 4. The number of amides is 1. The molecule has 0 saturated carbocycles. The first-order valence-corrected chi connectivity index (χ1v) is 10.6. The van der Waals surface area contributed by atoms with E-state index in [9.17, 15) is 4.79 Å². The Morgan fingerprint density at radius 1 is 1.03 bits per heavy atom. The molecule has 2 N–H and O–H groups in total. The molecule has 156 valence electrons. The number of rotatable bonds is 3. The van der Waals surface area contributed by atoms with Gasteiger partial charge < -0.3 is 10.2 Å². The monoisotopic (exact) mass is 411 g/mol. The number of amidine groups is 1. The number of pyridine rings is 1. The fourth-order valence-corrected chi connectivity index (χ4v) is 4.33. The zero-order valence-corrected chi connectivity index (χ0v) is 17.3. The number of aromatic nitrogens is 1. The lowest BCUT2D eigenvalue weighted by atomic mass is 9.96. The average molecular weight is 412 g/mol. The summed E-state index contributed by atoms with van der Waals surface area (Å²) in [5.41, 5.74) is 3.69. The van der Waals surface area contributed by atoms with Crippen molar-refractivity contribution in [1.82, 2.24) is 15.2 Å². The number of carbonyl (C=O) groups is 1. The zero-order valence-electron chi connectivity index (χ0n) is 17.3. The summed E-state index contributed by atoms with van der Waals surface area (Å²) in [5, 5.41) is 7.34. The van der Waals surface area contributed by atoms with Crippen LogP contribution in [0.15, 0.2) is 84.1 Å². The van der Waals surface area contributed by atoms with Crippen molar-refractivity contribution < 1.29 is 4.79 Å². The molecule has 1 aromatic heterocycles. The summed E-state index contributed by atoms with van der Waals surface area (Å²) in [6.07, 6.45) is 4.13. The molecular formula is C25H25N5O. The van der Waals surface area contributed by atoms with Crippen LogP contribution < -0.4 is 10.6 Å². The highest BCUT2D eigenvalue weighted by molar-refractivity contribution is 6.05. The first-order chi connectivity index (χ1) is 15.2. The number of fused-ring (bicyclic) bond motifs is 1. The number of nitrogens with one attached hydrogen (secondary N) is 2. The van der Waals surface area contributed by atoms with Gasteiger partial charge in [-0.25, -0.2) is 0 Å². The Balaban J connectivity index is 1.45. The van der Waals surface area contributed by atoms with Crippen LogP contribution >= 0.6 is 0 Å². The van der Waals surface area contributed by atoms with Crippen LogP contribution in [0.25, 0.3) is 0 Å². The second kappa shape index (κ2) is 8.32. The van der Waals surface area contributed by atoms with E-state index in [0.717, 1.165) is 30.1 Å². The van der Waals surface area contributed by atoms with Gasteiger partial charge in [0, 0.05) is 43.3 Å². The average Bonchev–Trinajstić information content (AvgIpc) is 3.20. The van der Waals surface area contributed by atoms with E-state index in [4.69, 9.17) is 4.99 Å². The van der Waals surface area contributed by atoms with Crippen molar-refractivity contribution >= 4 is 17.4 Å². The molecule has 2 aliphatic rings.